The van der Waals surface area contributed by atoms with E-state index >= 15 is 0 Å². The molecular formula is C24H19FN2O3. The minimum Gasteiger partial charge on any atom is -0.511 e. The summed E-state index contributed by atoms with van der Waals surface area (Å²) in [5, 5.41) is 15.8. The van der Waals surface area contributed by atoms with Gasteiger partial charge in [0.05, 0.1) is 6.04 Å². The molecule has 6 heteroatoms. The fourth-order valence-electron chi connectivity index (χ4n) is 3.44. The topological polar surface area (TPSA) is 78.4 Å². The van der Waals surface area contributed by atoms with Gasteiger partial charge in [0.25, 0.3) is 11.8 Å². The summed E-state index contributed by atoms with van der Waals surface area (Å²) >= 11 is 0. The van der Waals surface area contributed by atoms with Gasteiger partial charge in [0.2, 0.25) is 0 Å². The van der Waals surface area contributed by atoms with E-state index in [2.05, 4.69) is 10.6 Å². The van der Waals surface area contributed by atoms with E-state index in [-0.39, 0.29) is 23.6 Å². The Bertz CT molecular complexity index is 1120. The van der Waals surface area contributed by atoms with Crippen LogP contribution in [0.4, 0.5) is 10.1 Å². The number of hydrogen-bond donors (Lipinski definition) is 3. The van der Waals surface area contributed by atoms with Gasteiger partial charge in [0, 0.05) is 12.1 Å². The van der Waals surface area contributed by atoms with E-state index in [4.69, 9.17) is 0 Å². The minimum absolute atomic E-state index is 0.133. The van der Waals surface area contributed by atoms with Crippen molar-refractivity contribution >= 4 is 17.5 Å². The van der Waals surface area contributed by atoms with Crippen LogP contribution in [0.5, 0.6) is 0 Å². The SMILES string of the molecule is O=C(Nc1cccc(-c2ccc(F)cc2)c1)C1=C(O)CC(c2ccccc2)NC1=O. The second-order valence-electron chi connectivity index (χ2n) is 7.00. The van der Waals surface area contributed by atoms with Gasteiger partial charge in [-0.05, 0) is 41.0 Å². The largest absolute Gasteiger partial charge is 0.511 e. The molecule has 1 aliphatic heterocycles. The minimum atomic E-state index is -0.687. The van der Waals surface area contributed by atoms with Gasteiger partial charge in [-0.2, -0.15) is 0 Å². The maximum atomic E-state index is 13.1. The summed E-state index contributed by atoms with van der Waals surface area (Å²) in [5.41, 5.74) is 2.58. The van der Waals surface area contributed by atoms with E-state index in [0.29, 0.717) is 5.69 Å². The van der Waals surface area contributed by atoms with Gasteiger partial charge in [-0.1, -0.05) is 54.6 Å². The number of anilines is 1. The van der Waals surface area contributed by atoms with Crippen LogP contribution in [0.3, 0.4) is 0 Å². The molecule has 2 amide bonds. The van der Waals surface area contributed by atoms with Crippen LogP contribution in [0, 0.1) is 5.82 Å². The lowest BCUT2D eigenvalue weighted by molar-refractivity contribution is -0.123. The van der Waals surface area contributed by atoms with Crippen molar-refractivity contribution < 1.29 is 19.1 Å². The molecule has 0 aliphatic carbocycles. The fourth-order valence-corrected chi connectivity index (χ4v) is 3.44. The Kier molecular flexibility index (Phi) is 5.30. The zero-order valence-electron chi connectivity index (χ0n) is 15.9. The number of hydrogen-bond acceptors (Lipinski definition) is 3. The first-order chi connectivity index (χ1) is 14.5. The van der Waals surface area contributed by atoms with E-state index in [0.717, 1.165) is 16.7 Å². The average molecular weight is 402 g/mol. The van der Waals surface area contributed by atoms with Crippen LogP contribution in [0.1, 0.15) is 18.0 Å². The third-order valence-corrected chi connectivity index (χ3v) is 4.95. The molecule has 5 nitrogen and oxygen atoms in total. The summed E-state index contributed by atoms with van der Waals surface area (Å²) in [4.78, 5) is 25.2. The van der Waals surface area contributed by atoms with Gasteiger partial charge < -0.3 is 15.7 Å². The first-order valence-corrected chi connectivity index (χ1v) is 9.46. The number of halogens is 1. The summed E-state index contributed by atoms with van der Waals surface area (Å²) in [5.74, 6) is -1.89. The normalized spacial score (nSPS) is 16.2. The van der Waals surface area contributed by atoms with Crippen molar-refractivity contribution in [2.45, 2.75) is 12.5 Å². The Balaban J connectivity index is 1.53. The van der Waals surface area contributed by atoms with Crippen molar-refractivity contribution in [2.24, 2.45) is 0 Å². The summed E-state index contributed by atoms with van der Waals surface area (Å²) in [7, 11) is 0. The van der Waals surface area contributed by atoms with Crippen LogP contribution in [-0.4, -0.2) is 16.9 Å². The number of benzene rings is 3. The number of nitrogens with one attached hydrogen (secondary N) is 2. The smallest absolute Gasteiger partial charge is 0.264 e. The molecule has 3 aromatic carbocycles. The molecule has 30 heavy (non-hydrogen) atoms. The van der Waals surface area contributed by atoms with Crippen molar-refractivity contribution in [3.63, 3.8) is 0 Å². The van der Waals surface area contributed by atoms with Crippen LogP contribution in [0.25, 0.3) is 11.1 Å². The lowest BCUT2D eigenvalue weighted by Gasteiger charge is -2.25. The molecule has 0 saturated carbocycles. The highest BCUT2D eigenvalue weighted by Gasteiger charge is 2.32. The lowest BCUT2D eigenvalue weighted by atomic mass is 9.96. The van der Waals surface area contributed by atoms with Gasteiger partial charge in [-0.3, -0.25) is 9.59 Å². The number of aliphatic hydroxyl groups excluding tert-OH is 1. The maximum absolute atomic E-state index is 13.1. The van der Waals surface area contributed by atoms with Gasteiger partial charge in [0.15, 0.2) is 0 Å². The van der Waals surface area contributed by atoms with E-state index in [9.17, 15) is 19.1 Å². The van der Waals surface area contributed by atoms with Crippen LogP contribution in [-0.2, 0) is 9.59 Å². The third kappa shape index (κ3) is 4.07. The monoisotopic (exact) mass is 402 g/mol. The van der Waals surface area contributed by atoms with Crippen molar-refractivity contribution in [1.82, 2.24) is 5.32 Å². The molecule has 0 saturated heterocycles. The zero-order valence-corrected chi connectivity index (χ0v) is 15.9. The number of carbonyl (C=O) groups excluding carboxylic acids is 2. The van der Waals surface area contributed by atoms with Gasteiger partial charge in [-0.15, -0.1) is 0 Å². The highest BCUT2D eigenvalue weighted by molar-refractivity contribution is 6.23. The number of carbonyl (C=O) groups is 2. The van der Waals surface area contributed by atoms with E-state index in [1.165, 1.54) is 12.1 Å². The molecular weight excluding hydrogens is 383 g/mol. The average Bonchev–Trinajstić information content (AvgIpc) is 2.74. The zero-order chi connectivity index (χ0) is 21.1. The first-order valence-electron chi connectivity index (χ1n) is 9.46. The quantitative estimate of drug-likeness (QED) is 0.562. The number of aliphatic hydroxyl groups is 1. The molecule has 1 aliphatic rings. The first kappa shape index (κ1) is 19.4. The Morgan fingerprint density at radius 3 is 2.40 bits per heavy atom. The predicted octanol–water partition coefficient (Wildman–Crippen LogP) is 4.50. The van der Waals surface area contributed by atoms with Gasteiger partial charge in [-0.25, -0.2) is 4.39 Å². The third-order valence-electron chi connectivity index (χ3n) is 4.95. The molecule has 3 N–H and O–H groups in total. The van der Waals surface area contributed by atoms with Crippen LogP contribution >= 0.6 is 0 Å². The lowest BCUT2D eigenvalue weighted by Crippen LogP contribution is -2.39. The summed E-state index contributed by atoms with van der Waals surface area (Å²) in [6.45, 7) is 0. The number of rotatable bonds is 4. The van der Waals surface area contributed by atoms with Crippen LogP contribution in [0.15, 0.2) is 90.2 Å². The van der Waals surface area contributed by atoms with Crippen molar-refractivity contribution in [3.8, 4) is 11.1 Å². The summed E-state index contributed by atoms with van der Waals surface area (Å²) in [6.07, 6.45) is 0.133. The molecule has 1 heterocycles. The molecule has 1 unspecified atom stereocenters. The van der Waals surface area contributed by atoms with Crippen molar-refractivity contribution in [3.05, 3.63) is 102 Å². The maximum Gasteiger partial charge on any atom is 0.264 e. The second kappa shape index (κ2) is 8.21. The molecule has 4 rings (SSSR count). The summed E-state index contributed by atoms with van der Waals surface area (Å²) < 4.78 is 13.1. The molecule has 150 valence electrons. The molecule has 0 aromatic heterocycles. The standard InChI is InChI=1S/C24H19FN2O3/c25-18-11-9-15(10-12-18)17-7-4-8-19(13-17)26-23(29)22-21(28)14-20(27-24(22)30)16-5-2-1-3-6-16/h1-13,20,28H,14H2,(H,26,29)(H,27,30). The predicted molar refractivity (Wildman–Crippen MR) is 112 cm³/mol. The highest BCUT2D eigenvalue weighted by Crippen LogP contribution is 2.28. The van der Waals surface area contributed by atoms with Crippen molar-refractivity contribution in [2.75, 3.05) is 5.32 Å². The highest BCUT2D eigenvalue weighted by atomic mass is 19.1. The molecule has 0 radical (unpaired) electrons. The Morgan fingerprint density at radius 1 is 0.967 bits per heavy atom. The number of amides is 2. The fraction of sp³-hybridized carbons (Fsp3) is 0.0833. The second-order valence-corrected chi connectivity index (χ2v) is 7.00. The molecule has 1 atom stereocenters. The molecule has 3 aromatic rings. The van der Waals surface area contributed by atoms with E-state index < -0.39 is 17.9 Å². The molecule has 0 spiro atoms. The van der Waals surface area contributed by atoms with Gasteiger partial charge >= 0.3 is 0 Å². The Morgan fingerprint density at radius 2 is 1.70 bits per heavy atom. The molecule has 0 bridgehead atoms. The van der Waals surface area contributed by atoms with Gasteiger partial charge in [0.1, 0.15) is 17.1 Å². The molecule has 0 fully saturated rings. The summed E-state index contributed by atoms with van der Waals surface area (Å²) in [6, 6.07) is 21.8. The Labute approximate surface area is 172 Å². The Hall–Kier alpha value is -3.93. The van der Waals surface area contributed by atoms with Crippen molar-refractivity contribution in [1.29, 1.82) is 0 Å². The van der Waals surface area contributed by atoms with Crippen LogP contribution in [0.2, 0.25) is 0 Å². The van der Waals surface area contributed by atoms with E-state index in [1.807, 2.05) is 36.4 Å². The van der Waals surface area contributed by atoms with Crippen LogP contribution < -0.4 is 10.6 Å². The van der Waals surface area contributed by atoms with E-state index in [1.54, 1.807) is 30.3 Å².